The van der Waals surface area contributed by atoms with Crippen molar-refractivity contribution in [1.29, 1.82) is 0 Å². The van der Waals surface area contributed by atoms with Crippen LogP contribution in [0.4, 0.5) is 0 Å². The van der Waals surface area contributed by atoms with E-state index in [1.54, 1.807) is 0 Å². The van der Waals surface area contributed by atoms with Gasteiger partial charge in [0.25, 0.3) is 0 Å². The highest BCUT2D eigenvalue weighted by molar-refractivity contribution is 14.1. The lowest BCUT2D eigenvalue weighted by molar-refractivity contribution is 0.590. The minimum atomic E-state index is 0.524. The topological polar surface area (TPSA) is 43.6 Å². The van der Waals surface area contributed by atoms with Gasteiger partial charge in [-0.2, -0.15) is 4.80 Å². The van der Waals surface area contributed by atoms with E-state index in [4.69, 9.17) is 0 Å². The summed E-state index contributed by atoms with van der Waals surface area (Å²) in [5.74, 6) is 3.60. The zero-order chi connectivity index (χ0) is 8.10. The number of hydrogen-bond donors (Lipinski definition) is 0. The highest BCUT2D eigenvalue weighted by Gasteiger charge is 1.96. The van der Waals surface area contributed by atoms with Crippen LogP contribution in [0, 0.1) is 9.85 Å². The van der Waals surface area contributed by atoms with Crippen molar-refractivity contribution >= 4 is 22.6 Å². The Hall–Kier alpha value is -0.640. The Morgan fingerprint density at radius 2 is 2.45 bits per heavy atom. The molecule has 1 aromatic heterocycles. The molecule has 0 unspecified atom stereocenters. The van der Waals surface area contributed by atoms with Crippen molar-refractivity contribution in [2.45, 2.75) is 19.9 Å². The zero-order valence-electron chi connectivity index (χ0n) is 6.08. The lowest BCUT2D eigenvalue weighted by atomic mass is 10.5. The molecule has 0 radical (unpaired) electrons. The second kappa shape index (κ2) is 4.28. The Balaban J connectivity index is 2.62. The number of hydrogen-bond acceptors (Lipinski definition) is 3. The van der Waals surface area contributed by atoms with Crippen LogP contribution in [0.1, 0.15) is 12.7 Å². The van der Waals surface area contributed by atoms with Crippen LogP contribution in [0.2, 0.25) is 0 Å². The fraction of sp³-hybridized carbons (Fsp3) is 0.500. The van der Waals surface area contributed by atoms with Gasteiger partial charge in [-0.1, -0.05) is 12.8 Å². The van der Waals surface area contributed by atoms with Gasteiger partial charge < -0.3 is 0 Å². The maximum atomic E-state index is 4.05. The third-order valence-electron chi connectivity index (χ3n) is 1.10. The van der Waals surface area contributed by atoms with Crippen LogP contribution in [-0.2, 0) is 13.0 Å². The van der Waals surface area contributed by atoms with E-state index in [1.165, 1.54) is 4.80 Å². The van der Waals surface area contributed by atoms with Gasteiger partial charge in [-0.25, -0.2) is 0 Å². The quantitative estimate of drug-likeness (QED) is 0.580. The van der Waals surface area contributed by atoms with Crippen LogP contribution in [0.3, 0.4) is 0 Å². The van der Waals surface area contributed by atoms with E-state index in [-0.39, 0.29) is 0 Å². The van der Waals surface area contributed by atoms with E-state index >= 15 is 0 Å². The third kappa shape index (κ3) is 2.46. The van der Waals surface area contributed by atoms with Crippen molar-refractivity contribution in [1.82, 2.24) is 20.2 Å². The molecule has 0 amide bonds. The molecule has 0 saturated carbocycles. The summed E-state index contributed by atoms with van der Waals surface area (Å²) in [6.07, 6.45) is 0.817. The number of aryl methyl sites for hydroxylation is 1. The van der Waals surface area contributed by atoms with Gasteiger partial charge >= 0.3 is 0 Å². The van der Waals surface area contributed by atoms with Crippen LogP contribution >= 0.6 is 22.6 Å². The molecule has 0 aliphatic rings. The van der Waals surface area contributed by atoms with Crippen molar-refractivity contribution in [3.8, 4) is 9.85 Å². The summed E-state index contributed by atoms with van der Waals surface area (Å²) in [4.78, 5) is 1.49. The Bertz CT molecular complexity index is 282. The van der Waals surface area contributed by atoms with E-state index in [1.807, 2.05) is 29.5 Å². The summed E-state index contributed by atoms with van der Waals surface area (Å²) in [7, 11) is 0. The van der Waals surface area contributed by atoms with Crippen molar-refractivity contribution in [2.75, 3.05) is 0 Å². The fourth-order valence-electron chi connectivity index (χ4n) is 0.585. The zero-order valence-corrected chi connectivity index (χ0v) is 8.24. The number of halogens is 1. The third-order valence-corrected chi connectivity index (χ3v) is 1.48. The second-order valence-corrected chi connectivity index (χ2v) is 2.40. The van der Waals surface area contributed by atoms with Crippen molar-refractivity contribution in [3.05, 3.63) is 5.82 Å². The van der Waals surface area contributed by atoms with E-state index in [9.17, 15) is 0 Å². The molecule has 0 atom stereocenters. The molecular formula is C6H7IN4. The minimum Gasteiger partial charge on any atom is -0.152 e. The first kappa shape index (κ1) is 8.46. The Morgan fingerprint density at radius 1 is 1.64 bits per heavy atom. The smallest absolute Gasteiger partial charge is 0.152 e. The van der Waals surface area contributed by atoms with Gasteiger partial charge in [-0.05, 0) is 9.14 Å². The largest absolute Gasteiger partial charge is 0.174 e. The summed E-state index contributed by atoms with van der Waals surface area (Å²) in [5, 5.41) is 11.6. The van der Waals surface area contributed by atoms with Gasteiger partial charge in [-0.3, -0.25) is 0 Å². The van der Waals surface area contributed by atoms with Crippen LogP contribution in [0.5, 0.6) is 0 Å². The standard InChI is InChI=1S/C6H7IN4/c1-2-6-8-10-11(9-6)5-3-4-7/h2,5H2,1H3. The number of aromatic nitrogens is 4. The van der Waals surface area contributed by atoms with Gasteiger partial charge in [0.2, 0.25) is 0 Å². The summed E-state index contributed by atoms with van der Waals surface area (Å²) in [5.41, 5.74) is 0. The molecule has 0 bridgehead atoms. The summed E-state index contributed by atoms with van der Waals surface area (Å²) >= 11 is 1.98. The minimum absolute atomic E-state index is 0.524. The van der Waals surface area contributed by atoms with Crippen molar-refractivity contribution in [2.24, 2.45) is 0 Å². The van der Waals surface area contributed by atoms with E-state index < -0.39 is 0 Å². The fourth-order valence-corrected chi connectivity index (χ4v) is 0.756. The molecule has 4 nitrogen and oxygen atoms in total. The molecule has 1 aromatic rings. The number of nitrogens with zero attached hydrogens (tertiary/aromatic N) is 4. The van der Waals surface area contributed by atoms with Crippen LogP contribution in [0.25, 0.3) is 0 Å². The molecule has 0 aliphatic heterocycles. The lowest BCUT2D eigenvalue weighted by Gasteiger charge is -1.85. The molecule has 0 aliphatic carbocycles. The Morgan fingerprint density at radius 3 is 3.00 bits per heavy atom. The van der Waals surface area contributed by atoms with Gasteiger partial charge in [0.1, 0.15) is 6.54 Å². The molecular weight excluding hydrogens is 255 g/mol. The normalized spacial score (nSPS) is 8.91. The lowest BCUT2D eigenvalue weighted by Crippen LogP contribution is -2.00. The van der Waals surface area contributed by atoms with E-state index in [0.29, 0.717) is 6.54 Å². The maximum absolute atomic E-state index is 4.05. The number of tetrazole rings is 1. The average Bonchev–Trinajstić information content (AvgIpc) is 2.48. The first-order valence-corrected chi connectivity index (χ1v) is 4.30. The molecule has 0 saturated heterocycles. The summed E-state index contributed by atoms with van der Waals surface area (Å²) in [6, 6.07) is 0. The van der Waals surface area contributed by atoms with Crippen LogP contribution < -0.4 is 0 Å². The maximum Gasteiger partial charge on any atom is 0.174 e. The molecule has 11 heavy (non-hydrogen) atoms. The molecule has 0 N–H and O–H groups in total. The molecule has 1 heterocycles. The van der Waals surface area contributed by atoms with Crippen LogP contribution in [-0.4, -0.2) is 20.2 Å². The van der Waals surface area contributed by atoms with E-state index in [2.05, 4.69) is 25.3 Å². The molecule has 0 spiro atoms. The predicted molar refractivity (Wildman–Crippen MR) is 49.0 cm³/mol. The Labute approximate surface area is 78.5 Å². The Kier molecular flexibility index (Phi) is 3.29. The van der Waals surface area contributed by atoms with Crippen molar-refractivity contribution in [3.63, 3.8) is 0 Å². The number of rotatable bonds is 2. The summed E-state index contributed by atoms with van der Waals surface area (Å²) < 4.78 is 2.73. The monoisotopic (exact) mass is 262 g/mol. The molecule has 5 heteroatoms. The molecule has 1 rings (SSSR count). The van der Waals surface area contributed by atoms with Gasteiger partial charge in [-0.15, -0.1) is 10.2 Å². The van der Waals surface area contributed by atoms with Crippen molar-refractivity contribution < 1.29 is 0 Å². The van der Waals surface area contributed by atoms with Gasteiger partial charge in [0.15, 0.2) is 5.82 Å². The second-order valence-electron chi connectivity index (χ2n) is 1.86. The summed E-state index contributed by atoms with van der Waals surface area (Å²) in [6.45, 7) is 2.52. The van der Waals surface area contributed by atoms with Gasteiger partial charge in [0, 0.05) is 29.0 Å². The SMILES string of the molecule is CCc1nnn(CC#CI)n1. The molecule has 0 fully saturated rings. The molecule has 58 valence electrons. The van der Waals surface area contributed by atoms with Crippen LogP contribution in [0.15, 0.2) is 0 Å². The first-order chi connectivity index (χ1) is 5.36. The first-order valence-electron chi connectivity index (χ1n) is 3.22. The predicted octanol–water partition coefficient (Wildman–Crippen LogP) is 0.631. The average molecular weight is 262 g/mol. The molecule has 0 aromatic carbocycles. The highest BCUT2D eigenvalue weighted by Crippen LogP contribution is 1.86. The van der Waals surface area contributed by atoms with Gasteiger partial charge in [0.05, 0.1) is 0 Å². The highest BCUT2D eigenvalue weighted by atomic mass is 127. The van der Waals surface area contributed by atoms with E-state index in [0.717, 1.165) is 12.2 Å².